The molecule has 0 aromatic carbocycles. The summed E-state index contributed by atoms with van der Waals surface area (Å²) in [6.07, 6.45) is 6.03. The van der Waals surface area contributed by atoms with Crippen LogP contribution in [0.3, 0.4) is 0 Å². The molecule has 6 nitrogen and oxygen atoms in total. The number of piperazine rings is 1. The van der Waals surface area contributed by atoms with Crippen molar-refractivity contribution in [1.29, 1.82) is 0 Å². The molecule has 0 radical (unpaired) electrons. The lowest BCUT2D eigenvalue weighted by Gasteiger charge is -2.33. The van der Waals surface area contributed by atoms with Gasteiger partial charge in [0.2, 0.25) is 11.8 Å². The molecule has 0 aromatic heterocycles. The summed E-state index contributed by atoms with van der Waals surface area (Å²) in [6.45, 7) is 8.32. The summed E-state index contributed by atoms with van der Waals surface area (Å²) in [6, 6.07) is 0.221. The highest BCUT2D eigenvalue weighted by Crippen LogP contribution is 2.01. The van der Waals surface area contributed by atoms with Crippen LogP contribution in [0.2, 0.25) is 0 Å². The van der Waals surface area contributed by atoms with E-state index in [1.54, 1.807) is 0 Å². The Morgan fingerprint density at radius 1 is 1.14 bits per heavy atom. The zero-order chi connectivity index (χ0) is 15.7. The van der Waals surface area contributed by atoms with Crippen LogP contribution in [-0.2, 0) is 9.59 Å². The molecule has 21 heavy (non-hydrogen) atoms. The largest absolute Gasteiger partial charge is 0.353 e. The number of rotatable bonds is 7. The first kappa shape index (κ1) is 17.5. The van der Waals surface area contributed by atoms with Crippen molar-refractivity contribution in [3.05, 3.63) is 0 Å². The topological polar surface area (TPSA) is 64.7 Å². The van der Waals surface area contributed by atoms with Crippen molar-refractivity contribution in [1.82, 2.24) is 20.4 Å². The van der Waals surface area contributed by atoms with Gasteiger partial charge in [0.1, 0.15) is 0 Å². The summed E-state index contributed by atoms with van der Waals surface area (Å²) in [5.74, 6) is 2.41. The van der Waals surface area contributed by atoms with Crippen molar-refractivity contribution >= 4 is 11.8 Å². The number of carbonyl (C=O) groups is 2. The molecule has 2 N–H and O–H groups in total. The third-order valence-corrected chi connectivity index (χ3v) is 3.61. The first-order valence-electron chi connectivity index (χ1n) is 7.49. The first-order valence-corrected chi connectivity index (χ1v) is 7.49. The molecule has 118 valence electrons. The average molecular weight is 294 g/mol. The third-order valence-electron chi connectivity index (χ3n) is 3.61. The zero-order valence-electron chi connectivity index (χ0n) is 13.0. The molecule has 0 spiro atoms. The van der Waals surface area contributed by atoms with Gasteiger partial charge in [-0.15, -0.1) is 6.42 Å². The van der Waals surface area contributed by atoms with E-state index in [4.69, 9.17) is 6.42 Å². The molecule has 1 unspecified atom stereocenters. The Morgan fingerprint density at radius 2 is 1.67 bits per heavy atom. The molecule has 0 aromatic rings. The van der Waals surface area contributed by atoms with Crippen LogP contribution in [-0.4, -0.2) is 73.5 Å². The Balaban J connectivity index is 2.21. The first-order chi connectivity index (χ1) is 10.0. The van der Waals surface area contributed by atoms with Gasteiger partial charge in [0, 0.05) is 32.2 Å². The van der Waals surface area contributed by atoms with Gasteiger partial charge in [-0.05, 0) is 13.3 Å². The maximum Gasteiger partial charge on any atom is 0.234 e. The Labute approximate surface area is 127 Å². The standard InChI is InChI=1S/C15H26N4O2/c1-4-6-16-14(20)11-18-7-9-19(10-8-18)12-15(21)17-13(3)5-2/h1,13H,5-12H2,2-3H3,(H,16,20)(H,17,21). The number of nitrogens with one attached hydrogen (secondary N) is 2. The lowest BCUT2D eigenvalue weighted by Crippen LogP contribution is -2.52. The lowest BCUT2D eigenvalue weighted by atomic mass is 10.2. The number of hydrogen-bond acceptors (Lipinski definition) is 4. The second kappa shape index (κ2) is 9.37. The van der Waals surface area contributed by atoms with Crippen LogP contribution in [0.1, 0.15) is 20.3 Å². The van der Waals surface area contributed by atoms with Crippen LogP contribution in [0, 0.1) is 12.3 Å². The van der Waals surface area contributed by atoms with E-state index in [1.165, 1.54) is 0 Å². The van der Waals surface area contributed by atoms with E-state index in [0.29, 0.717) is 13.1 Å². The minimum Gasteiger partial charge on any atom is -0.353 e. The normalized spacial score (nSPS) is 17.8. The van der Waals surface area contributed by atoms with E-state index in [2.05, 4.69) is 33.3 Å². The van der Waals surface area contributed by atoms with Crippen molar-refractivity contribution < 1.29 is 9.59 Å². The summed E-state index contributed by atoms with van der Waals surface area (Å²) < 4.78 is 0. The average Bonchev–Trinajstić information content (AvgIpc) is 2.47. The van der Waals surface area contributed by atoms with Gasteiger partial charge in [0.15, 0.2) is 0 Å². The molecular weight excluding hydrogens is 268 g/mol. The quantitative estimate of drug-likeness (QED) is 0.608. The fraction of sp³-hybridized carbons (Fsp3) is 0.733. The molecule has 1 heterocycles. The highest BCUT2D eigenvalue weighted by atomic mass is 16.2. The second-order valence-electron chi connectivity index (χ2n) is 5.41. The van der Waals surface area contributed by atoms with Crippen molar-refractivity contribution in [2.45, 2.75) is 26.3 Å². The van der Waals surface area contributed by atoms with E-state index in [1.807, 2.05) is 6.92 Å². The molecule has 1 saturated heterocycles. The van der Waals surface area contributed by atoms with Crippen LogP contribution in [0.4, 0.5) is 0 Å². The van der Waals surface area contributed by atoms with Gasteiger partial charge < -0.3 is 10.6 Å². The smallest absolute Gasteiger partial charge is 0.234 e. The molecule has 1 aliphatic rings. The van der Waals surface area contributed by atoms with Crippen molar-refractivity contribution in [3.8, 4) is 12.3 Å². The maximum absolute atomic E-state index is 11.8. The Hall–Kier alpha value is -1.58. The van der Waals surface area contributed by atoms with Gasteiger partial charge in [-0.2, -0.15) is 0 Å². The Kier molecular flexibility index (Phi) is 7.80. The van der Waals surface area contributed by atoms with Crippen LogP contribution < -0.4 is 10.6 Å². The fourth-order valence-electron chi connectivity index (χ4n) is 2.14. The SMILES string of the molecule is C#CCNC(=O)CN1CCN(CC(=O)NC(C)CC)CC1. The van der Waals surface area contributed by atoms with Crippen molar-refractivity contribution in [2.24, 2.45) is 0 Å². The highest BCUT2D eigenvalue weighted by Gasteiger charge is 2.20. The molecule has 0 bridgehead atoms. The van der Waals surface area contributed by atoms with Gasteiger partial charge >= 0.3 is 0 Å². The summed E-state index contributed by atoms with van der Waals surface area (Å²) >= 11 is 0. The molecule has 1 fully saturated rings. The monoisotopic (exact) mass is 294 g/mol. The molecule has 1 atom stereocenters. The number of carbonyl (C=O) groups excluding carboxylic acids is 2. The maximum atomic E-state index is 11.8. The summed E-state index contributed by atoms with van der Waals surface area (Å²) in [5, 5.41) is 5.62. The van der Waals surface area contributed by atoms with Crippen LogP contribution in [0.25, 0.3) is 0 Å². The third kappa shape index (κ3) is 7.11. The van der Waals surface area contributed by atoms with Gasteiger partial charge in [-0.25, -0.2) is 0 Å². The molecule has 1 rings (SSSR count). The van der Waals surface area contributed by atoms with E-state index in [-0.39, 0.29) is 24.4 Å². The molecular formula is C15H26N4O2. The number of amides is 2. The van der Waals surface area contributed by atoms with Gasteiger partial charge in [-0.1, -0.05) is 12.8 Å². The molecule has 0 saturated carbocycles. The van der Waals surface area contributed by atoms with Gasteiger partial charge in [0.05, 0.1) is 19.6 Å². The minimum absolute atomic E-state index is 0.0455. The van der Waals surface area contributed by atoms with Crippen molar-refractivity contribution in [3.63, 3.8) is 0 Å². The lowest BCUT2D eigenvalue weighted by molar-refractivity contribution is -0.125. The molecule has 1 aliphatic heterocycles. The predicted octanol–water partition coefficient (Wildman–Crippen LogP) is -0.732. The number of hydrogen-bond donors (Lipinski definition) is 2. The van der Waals surface area contributed by atoms with Crippen LogP contribution in [0.15, 0.2) is 0 Å². The van der Waals surface area contributed by atoms with Gasteiger partial charge in [0.25, 0.3) is 0 Å². The minimum atomic E-state index is -0.0455. The van der Waals surface area contributed by atoms with Gasteiger partial charge in [-0.3, -0.25) is 19.4 Å². The summed E-state index contributed by atoms with van der Waals surface area (Å²) in [7, 11) is 0. The number of terminal acetylenes is 1. The predicted molar refractivity (Wildman–Crippen MR) is 82.6 cm³/mol. The van der Waals surface area contributed by atoms with E-state index >= 15 is 0 Å². The molecule has 0 aliphatic carbocycles. The fourth-order valence-corrected chi connectivity index (χ4v) is 2.14. The molecule has 2 amide bonds. The zero-order valence-corrected chi connectivity index (χ0v) is 13.0. The second-order valence-corrected chi connectivity index (χ2v) is 5.41. The Morgan fingerprint density at radius 3 is 2.14 bits per heavy atom. The van der Waals surface area contributed by atoms with Crippen LogP contribution in [0.5, 0.6) is 0 Å². The summed E-state index contributed by atoms with van der Waals surface area (Å²) in [5.41, 5.74) is 0. The molecule has 6 heteroatoms. The van der Waals surface area contributed by atoms with E-state index in [9.17, 15) is 9.59 Å². The van der Waals surface area contributed by atoms with Crippen molar-refractivity contribution in [2.75, 3.05) is 45.8 Å². The number of nitrogens with zero attached hydrogens (tertiary/aromatic N) is 2. The Bertz CT molecular complexity index is 384. The van der Waals surface area contributed by atoms with E-state index in [0.717, 1.165) is 32.6 Å². The summed E-state index contributed by atoms with van der Waals surface area (Å²) in [4.78, 5) is 27.6. The van der Waals surface area contributed by atoms with Crippen LogP contribution >= 0.6 is 0 Å². The highest BCUT2D eigenvalue weighted by molar-refractivity contribution is 5.78. The van der Waals surface area contributed by atoms with E-state index < -0.39 is 0 Å².